The number of benzene rings is 2. The topological polar surface area (TPSA) is 95.9 Å². The molecule has 7 nitrogen and oxygen atoms in total. The van der Waals surface area contributed by atoms with Crippen LogP contribution in [0.15, 0.2) is 48.5 Å². The summed E-state index contributed by atoms with van der Waals surface area (Å²) in [5, 5.41) is 12.0. The third-order valence-corrected chi connectivity index (χ3v) is 7.09. The molecule has 2 aromatic rings. The predicted molar refractivity (Wildman–Crippen MR) is 117 cm³/mol. The predicted octanol–water partition coefficient (Wildman–Crippen LogP) is 3.38. The lowest BCUT2D eigenvalue weighted by atomic mass is 9.89. The Morgan fingerprint density at radius 2 is 1.66 bits per heavy atom. The zero-order chi connectivity index (χ0) is 22.2. The molecule has 3 aliphatic rings. The van der Waals surface area contributed by atoms with E-state index in [2.05, 4.69) is 29.6 Å². The van der Waals surface area contributed by atoms with Crippen molar-refractivity contribution in [3.8, 4) is 11.1 Å². The number of nitrogens with zero attached hydrogens (tertiary/aromatic N) is 1. The van der Waals surface area contributed by atoms with E-state index in [0.717, 1.165) is 24.0 Å². The molecule has 2 saturated heterocycles. The molecule has 32 heavy (non-hydrogen) atoms. The number of rotatable bonds is 6. The van der Waals surface area contributed by atoms with E-state index in [1.165, 1.54) is 11.1 Å². The summed E-state index contributed by atoms with van der Waals surface area (Å²) in [6.45, 7) is 0.396. The van der Waals surface area contributed by atoms with Crippen LogP contribution in [0, 0.1) is 5.92 Å². The monoisotopic (exact) mass is 434 g/mol. The van der Waals surface area contributed by atoms with Crippen LogP contribution in [-0.4, -0.2) is 53.2 Å². The fourth-order valence-electron chi connectivity index (χ4n) is 5.69. The molecule has 3 atom stereocenters. The highest BCUT2D eigenvalue weighted by atomic mass is 16.5. The Bertz CT molecular complexity index is 1020. The third kappa shape index (κ3) is 3.51. The zero-order valence-electron chi connectivity index (χ0n) is 17.7. The first-order valence-corrected chi connectivity index (χ1v) is 11.2. The first-order chi connectivity index (χ1) is 15.5. The average molecular weight is 434 g/mol. The first kappa shape index (κ1) is 20.5. The van der Waals surface area contributed by atoms with Gasteiger partial charge in [0.05, 0.1) is 5.92 Å². The first-order valence-electron chi connectivity index (χ1n) is 11.2. The number of carboxylic acids is 1. The highest BCUT2D eigenvalue weighted by Crippen LogP contribution is 2.44. The highest BCUT2D eigenvalue weighted by Gasteiger charge is 2.50. The Hall–Kier alpha value is -3.35. The molecular formula is C25H26N2O5. The summed E-state index contributed by atoms with van der Waals surface area (Å²) >= 11 is 0. The molecule has 1 aliphatic carbocycles. The van der Waals surface area contributed by atoms with Gasteiger partial charge in [-0.15, -0.1) is 0 Å². The number of alkyl carbamates (subject to hydrolysis) is 1. The lowest BCUT2D eigenvalue weighted by Crippen LogP contribution is -2.39. The fraction of sp³-hybridized carbons (Fsp3) is 0.400. The molecule has 0 radical (unpaired) electrons. The van der Waals surface area contributed by atoms with Gasteiger partial charge in [0.15, 0.2) is 0 Å². The van der Waals surface area contributed by atoms with Crippen LogP contribution in [0.4, 0.5) is 4.79 Å². The maximum atomic E-state index is 12.6. The molecular weight excluding hydrogens is 408 g/mol. The number of carbonyl (C=O) groups is 3. The molecule has 0 aromatic heterocycles. The van der Waals surface area contributed by atoms with Gasteiger partial charge in [0.2, 0.25) is 5.91 Å². The molecule has 0 saturated carbocycles. The number of hydrogen-bond donors (Lipinski definition) is 2. The second-order valence-electron chi connectivity index (χ2n) is 8.78. The van der Waals surface area contributed by atoms with Gasteiger partial charge >= 0.3 is 12.1 Å². The van der Waals surface area contributed by atoms with Crippen molar-refractivity contribution in [3.05, 3.63) is 59.7 Å². The highest BCUT2D eigenvalue weighted by molar-refractivity contribution is 5.81. The summed E-state index contributed by atoms with van der Waals surface area (Å²) in [6.07, 6.45) is 1.73. The number of hydrogen-bond acceptors (Lipinski definition) is 4. The second-order valence-corrected chi connectivity index (χ2v) is 8.78. The van der Waals surface area contributed by atoms with Gasteiger partial charge in [-0.2, -0.15) is 0 Å². The van der Waals surface area contributed by atoms with Crippen LogP contribution >= 0.6 is 0 Å². The molecule has 3 unspecified atom stereocenters. The minimum Gasteiger partial charge on any atom is -0.481 e. The molecule has 2 N–H and O–H groups in total. The van der Waals surface area contributed by atoms with E-state index in [0.29, 0.717) is 6.42 Å². The summed E-state index contributed by atoms with van der Waals surface area (Å²) in [7, 11) is 0. The Kier molecular flexibility index (Phi) is 5.33. The average Bonchev–Trinajstić information content (AvgIpc) is 3.47. The fourth-order valence-corrected chi connectivity index (χ4v) is 5.69. The van der Waals surface area contributed by atoms with E-state index in [9.17, 15) is 19.5 Å². The van der Waals surface area contributed by atoms with E-state index in [4.69, 9.17) is 4.74 Å². The van der Waals surface area contributed by atoms with Crippen LogP contribution in [0.1, 0.15) is 42.7 Å². The summed E-state index contributed by atoms with van der Waals surface area (Å²) in [5.74, 6) is -1.40. The lowest BCUT2D eigenvalue weighted by Gasteiger charge is -2.23. The van der Waals surface area contributed by atoms with Gasteiger partial charge in [-0.25, -0.2) is 4.79 Å². The Labute approximate surface area is 186 Å². The van der Waals surface area contributed by atoms with Gasteiger partial charge in [-0.1, -0.05) is 48.5 Å². The minimum absolute atomic E-state index is 0.0111. The van der Waals surface area contributed by atoms with Gasteiger partial charge < -0.3 is 20.1 Å². The number of nitrogens with one attached hydrogen (secondary N) is 1. The summed E-state index contributed by atoms with van der Waals surface area (Å²) in [4.78, 5) is 38.0. The number of carbonyl (C=O) groups excluding carboxylic acids is 2. The van der Waals surface area contributed by atoms with Crippen molar-refractivity contribution in [3.63, 3.8) is 0 Å². The van der Waals surface area contributed by atoms with Crippen LogP contribution in [0.3, 0.4) is 0 Å². The molecule has 7 heteroatoms. The molecule has 2 bridgehead atoms. The van der Waals surface area contributed by atoms with E-state index >= 15 is 0 Å². The maximum absolute atomic E-state index is 12.6. The van der Waals surface area contributed by atoms with Crippen LogP contribution in [0.5, 0.6) is 0 Å². The van der Waals surface area contributed by atoms with Crippen molar-refractivity contribution >= 4 is 18.0 Å². The van der Waals surface area contributed by atoms with E-state index < -0.39 is 18.0 Å². The smallest absolute Gasteiger partial charge is 0.407 e. The van der Waals surface area contributed by atoms with E-state index in [1.807, 2.05) is 24.3 Å². The summed E-state index contributed by atoms with van der Waals surface area (Å²) < 4.78 is 5.50. The molecule has 2 amide bonds. The van der Waals surface area contributed by atoms with E-state index in [-0.39, 0.29) is 43.5 Å². The van der Waals surface area contributed by atoms with Crippen molar-refractivity contribution in [2.24, 2.45) is 5.92 Å². The zero-order valence-corrected chi connectivity index (χ0v) is 17.7. The molecule has 2 aliphatic heterocycles. The van der Waals surface area contributed by atoms with Crippen molar-refractivity contribution in [2.45, 2.75) is 43.7 Å². The van der Waals surface area contributed by atoms with Crippen molar-refractivity contribution in [1.82, 2.24) is 10.2 Å². The van der Waals surface area contributed by atoms with Crippen LogP contribution < -0.4 is 5.32 Å². The molecule has 0 spiro atoms. The second kappa shape index (κ2) is 8.30. The van der Waals surface area contributed by atoms with Gasteiger partial charge in [-0.3, -0.25) is 9.59 Å². The van der Waals surface area contributed by atoms with E-state index in [1.54, 1.807) is 4.90 Å². The number of carboxylic acid groups (broad SMARTS) is 1. The van der Waals surface area contributed by atoms with Gasteiger partial charge in [0, 0.05) is 31.0 Å². The number of fused-ring (bicyclic) bond motifs is 5. The van der Waals surface area contributed by atoms with Gasteiger partial charge in [0.25, 0.3) is 0 Å². The summed E-state index contributed by atoms with van der Waals surface area (Å²) in [5.41, 5.74) is 4.63. The summed E-state index contributed by atoms with van der Waals surface area (Å²) in [6, 6.07) is 16.1. The third-order valence-electron chi connectivity index (χ3n) is 7.09. The van der Waals surface area contributed by atoms with Crippen molar-refractivity contribution < 1.29 is 24.2 Å². The Morgan fingerprint density at radius 1 is 1.00 bits per heavy atom. The van der Waals surface area contributed by atoms with Gasteiger partial charge in [0.1, 0.15) is 6.61 Å². The standard InChI is InChI=1S/C25H26N2O5/c28-23(27-15-9-10-22(27)20(13-15)24(29)30)11-12-26-25(31)32-14-21-18-7-3-1-5-16(18)17-6-2-4-8-19(17)21/h1-8,15,20-22H,9-14H2,(H,26,31)(H,29,30). The molecule has 2 heterocycles. The molecule has 5 rings (SSSR count). The minimum atomic E-state index is -0.827. The van der Waals surface area contributed by atoms with Gasteiger partial charge in [-0.05, 0) is 41.5 Å². The molecule has 166 valence electrons. The van der Waals surface area contributed by atoms with Crippen molar-refractivity contribution in [1.29, 1.82) is 0 Å². The SMILES string of the molecule is O=C(NCCC(=O)N1C2CCC1C(C(=O)O)C2)OCC1c2ccccc2-c2ccccc21. The van der Waals surface area contributed by atoms with Crippen LogP contribution in [0.2, 0.25) is 0 Å². The number of ether oxygens (including phenoxy) is 1. The van der Waals surface area contributed by atoms with Crippen molar-refractivity contribution in [2.75, 3.05) is 13.2 Å². The quantitative estimate of drug-likeness (QED) is 0.727. The number of aliphatic carboxylic acids is 1. The van der Waals surface area contributed by atoms with Crippen LogP contribution in [0.25, 0.3) is 11.1 Å². The number of amides is 2. The normalized spacial score (nSPS) is 23.0. The maximum Gasteiger partial charge on any atom is 0.407 e. The Morgan fingerprint density at radius 3 is 2.28 bits per heavy atom. The molecule has 2 aromatic carbocycles. The lowest BCUT2D eigenvalue weighted by molar-refractivity contribution is -0.143. The molecule has 2 fully saturated rings. The van der Waals surface area contributed by atoms with Crippen LogP contribution in [-0.2, 0) is 14.3 Å². The Balaban J connectivity index is 1.13. The largest absolute Gasteiger partial charge is 0.481 e.